The van der Waals surface area contributed by atoms with Gasteiger partial charge in [0.25, 0.3) is 5.91 Å². The minimum Gasteiger partial charge on any atom is -0.493 e. The molecule has 2 N–H and O–H groups in total. The molecule has 0 spiro atoms. The first-order valence-electron chi connectivity index (χ1n) is 6.62. The summed E-state index contributed by atoms with van der Waals surface area (Å²) in [4.78, 5) is 23.4. The molecule has 0 aliphatic heterocycles. The number of nitrogens with zero attached hydrogens (tertiary/aromatic N) is 1. The highest BCUT2D eigenvalue weighted by atomic mass is 16.5. The van der Waals surface area contributed by atoms with Crippen molar-refractivity contribution in [1.82, 2.24) is 10.9 Å². The average molecular weight is 319 g/mol. The summed E-state index contributed by atoms with van der Waals surface area (Å²) < 4.78 is 14.9. The Kier molecular flexibility index (Phi) is 6.94. The lowest BCUT2D eigenvalue weighted by molar-refractivity contribution is -0.138. The number of nitrogens with one attached hydrogen (secondary N) is 2. The molecule has 0 aromatic heterocycles. The SMILES string of the molecule is CCOC(=O)/C(C#N)=C/NNC(=O)c1ccc(OC)c(OC)c1. The largest absolute Gasteiger partial charge is 0.493 e. The molecule has 0 fully saturated rings. The molecular weight excluding hydrogens is 302 g/mol. The molecule has 0 atom stereocenters. The van der Waals surface area contributed by atoms with Gasteiger partial charge in [-0.3, -0.25) is 10.2 Å². The van der Waals surface area contributed by atoms with Gasteiger partial charge in [0.2, 0.25) is 0 Å². The van der Waals surface area contributed by atoms with Crippen LogP contribution in [0.15, 0.2) is 30.0 Å². The zero-order valence-corrected chi connectivity index (χ0v) is 13.0. The van der Waals surface area contributed by atoms with Crippen LogP contribution in [0.2, 0.25) is 0 Å². The fraction of sp³-hybridized carbons (Fsp3) is 0.267. The molecule has 0 saturated carbocycles. The third kappa shape index (κ3) is 4.93. The van der Waals surface area contributed by atoms with Crippen LogP contribution in [-0.2, 0) is 9.53 Å². The molecule has 0 unspecified atom stereocenters. The number of nitriles is 1. The summed E-state index contributed by atoms with van der Waals surface area (Å²) in [7, 11) is 2.95. The Balaban J connectivity index is 2.74. The topological polar surface area (TPSA) is 110 Å². The van der Waals surface area contributed by atoms with Crippen LogP contribution >= 0.6 is 0 Å². The predicted octanol–water partition coefficient (Wildman–Crippen LogP) is 0.909. The summed E-state index contributed by atoms with van der Waals surface area (Å²) >= 11 is 0. The standard InChI is InChI=1S/C15H17N3O5/c1-4-23-15(20)11(8-16)9-17-18-14(19)10-5-6-12(21-2)13(7-10)22-3/h5-7,9,17H,4H2,1-3H3,(H,18,19)/b11-9+. The van der Waals surface area contributed by atoms with Crippen molar-refractivity contribution in [2.24, 2.45) is 0 Å². The van der Waals surface area contributed by atoms with Crippen molar-refractivity contribution in [2.75, 3.05) is 20.8 Å². The fourth-order valence-corrected chi connectivity index (χ4v) is 1.57. The molecule has 1 rings (SSSR count). The summed E-state index contributed by atoms with van der Waals surface area (Å²) in [5.74, 6) is -0.364. The normalized spacial score (nSPS) is 10.3. The van der Waals surface area contributed by atoms with Gasteiger partial charge < -0.3 is 19.6 Å². The lowest BCUT2D eigenvalue weighted by Gasteiger charge is -2.10. The summed E-state index contributed by atoms with van der Waals surface area (Å²) in [5.41, 5.74) is 4.75. The number of ether oxygens (including phenoxy) is 3. The Morgan fingerprint density at radius 2 is 1.96 bits per heavy atom. The number of hydrazine groups is 1. The fourth-order valence-electron chi connectivity index (χ4n) is 1.57. The molecule has 8 heteroatoms. The lowest BCUT2D eigenvalue weighted by atomic mass is 10.2. The van der Waals surface area contributed by atoms with Crippen molar-refractivity contribution in [2.45, 2.75) is 6.92 Å². The Labute approximate surface area is 133 Å². The van der Waals surface area contributed by atoms with Crippen molar-refractivity contribution >= 4 is 11.9 Å². The molecule has 0 bridgehead atoms. The molecule has 0 heterocycles. The van der Waals surface area contributed by atoms with Gasteiger partial charge in [-0.05, 0) is 25.1 Å². The maximum atomic E-state index is 12.0. The van der Waals surface area contributed by atoms with Gasteiger partial charge in [-0.1, -0.05) is 0 Å². The highest BCUT2D eigenvalue weighted by Crippen LogP contribution is 2.27. The molecule has 1 aromatic carbocycles. The van der Waals surface area contributed by atoms with E-state index in [2.05, 4.69) is 15.6 Å². The van der Waals surface area contributed by atoms with Crippen molar-refractivity contribution in [3.63, 3.8) is 0 Å². The molecule has 1 amide bonds. The third-order valence-corrected chi connectivity index (χ3v) is 2.66. The van der Waals surface area contributed by atoms with Gasteiger partial charge in [-0.25, -0.2) is 4.79 Å². The average Bonchev–Trinajstić information content (AvgIpc) is 2.57. The molecule has 122 valence electrons. The highest BCUT2D eigenvalue weighted by Gasteiger charge is 2.11. The second kappa shape index (κ2) is 8.94. The zero-order chi connectivity index (χ0) is 17.2. The number of esters is 1. The van der Waals surface area contributed by atoms with Gasteiger partial charge in [0.05, 0.1) is 20.8 Å². The zero-order valence-electron chi connectivity index (χ0n) is 13.0. The second-order valence-corrected chi connectivity index (χ2v) is 4.06. The van der Waals surface area contributed by atoms with Crippen LogP contribution in [-0.4, -0.2) is 32.7 Å². The molecule has 0 saturated heterocycles. The van der Waals surface area contributed by atoms with E-state index in [0.717, 1.165) is 6.20 Å². The number of hydrogen-bond donors (Lipinski definition) is 2. The number of methoxy groups -OCH3 is 2. The van der Waals surface area contributed by atoms with Crippen molar-refractivity contribution in [3.8, 4) is 17.6 Å². The summed E-state index contributed by atoms with van der Waals surface area (Å²) in [6.07, 6.45) is 1.05. The van der Waals surface area contributed by atoms with Gasteiger partial charge in [-0.15, -0.1) is 0 Å². The van der Waals surface area contributed by atoms with Crippen LogP contribution in [0.1, 0.15) is 17.3 Å². The van der Waals surface area contributed by atoms with Crippen LogP contribution in [0.5, 0.6) is 11.5 Å². The first kappa shape index (κ1) is 17.8. The number of amides is 1. The van der Waals surface area contributed by atoms with Crippen LogP contribution < -0.4 is 20.3 Å². The van der Waals surface area contributed by atoms with E-state index >= 15 is 0 Å². The molecule has 1 aromatic rings. The molecule has 8 nitrogen and oxygen atoms in total. The summed E-state index contributed by atoms with van der Waals surface area (Å²) in [5, 5.41) is 8.83. The number of carbonyl (C=O) groups excluding carboxylic acids is 2. The molecule has 0 aliphatic rings. The minimum absolute atomic E-state index is 0.149. The maximum absolute atomic E-state index is 12.0. The van der Waals surface area contributed by atoms with E-state index < -0.39 is 11.9 Å². The first-order chi connectivity index (χ1) is 11.1. The number of benzene rings is 1. The summed E-state index contributed by atoms with van der Waals surface area (Å²) in [6.45, 7) is 1.77. The van der Waals surface area contributed by atoms with Crippen molar-refractivity contribution in [1.29, 1.82) is 5.26 Å². The smallest absolute Gasteiger partial charge is 0.350 e. The second-order valence-electron chi connectivity index (χ2n) is 4.06. The van der Waals surface area contributed by atoms with Crippen molar-refractivity contribution in [3.05, 3.63) is 35.5 Å². The van der Waals surface area contributed by atoms with Gasteiger partial charge in [0.1, 0.15) is 6.07 Å². The van der Waals surface area contributed by atoms with Gasteiger partial charge >= 0.3 is 5.97 Å². The predicted molar refractivity (Wildman–Crippen MR) is 80.5 cm³/mol. The molecule has 23 heavy (non-hydrogen) atoms. The van der Waals surface area contributed by atoms with Gasteiger partial charge in [0, 0.05) is 11.8 Å². The summed E-state index contributed by atoms with van der Waals surface area (Å²) in [6, 6.07) is 6.29. The minimum atomic E-state index is -0.775. The van der Waals surface area contributed by atoms with Crippen LogP contribution in [0, 0.1) is 11.3 Å². The Hall–Kier alpha value is -3.21. The monoisotopic (exact) mass is 319 g/mol. The van der Waals surface area contributed by atoms with Gasteiger partial charge in [0.15, 0.2) is 17.1 Å². The van der Waals surface area contributed by atoms with Crippen LogP contribution in [0.3, 0.4) is 0 Å². The number of carbonyl (C=O) groups is 2. The van der Waals surface area contributed by atoms with Crippen molar-refractivity contribution < 1.29 is 23.8 Å². The molecule has 0 radical (unpaired) electrons. The van der Waals surface area contributed by atoms with E-state index in [1.54, 1.807) is 25.1 Å². The van der Waals surface area contributed by atoms with Gasteiger partial charge in [-0.2, -0.15) is 5.26 Å². The van der Waals surface area contributed by atoms with Crippen LogP contribution in [0.25, 0.3) is 0 Å². The number of rotatable bonds is 7. The van der Waals surface area contributed by atoms with Crippen LogP contribution in [0.4, 0.5) is 0 Å². The lowest BCUT2D eigenvalue weighted by Crippen LogP contribution is -2.34. The molecule has 0 aliphatic carbocycles. The quantitative estimate of drug-likeness (QED) is 0.333. The maximum Gasteiger partial charge on any atom is 0.350 e. The Bertz CT molecular complexity index is 649. The Morgan fingerprint density at radius 3 is 2.52 bits per heavy atom. The highest BCUT2D eigenvalue weighted by molar-refractivity contribution is 5.95. The molecular formula is C15H17N3O5. The van der Waals surface area contributed by atoms with E-state index in [9.17, 15) is 9.59 Å². The van der Waals surface area contributed by atoms with E-state index in [0.29, 0.717) is 17.1 Å². The van der Waals surface area contributed by atoms with E-state index in [4.69, 9.17) is 14.7 Å². The third-order valence-electron chi connectivity index (χ3n) is 2.66. The number of hydrogen-bond acceptors (Lipinski definition) is 7. The van der Waals surface area contributed by atoms with E-state index in [-0.39, 0.29) is 12.2 Å². The first-order valence-corrected chi connectivity index (χ1v) is 6.62. The van der Waals surface area contributed by atoms with E-state index in [1.165, 1.54) is 20.3 Å². The Morgan fingerprint density at radius 1 is 1.26 bits per heavy atom. The van der Waals surface area contributed by atoms with E-state index in [1.807, 2.05) is 0 Å².